The number of nitrogens with one attached hydrogen (secondary N) is 2. The molecule has 2 heterocycles. The molecular formula is C18H18N4. The molecule has 1 aromatic carbocycles. The Labute approximate surface area is 129 Å². The lowest BCUT2D eigenvalue weighted by molar-refractivity contribution is 1.01. The molecule has 0 amide bonds. The Balaban J connectivity index is 1.71. The Hall–Kier alpha value is -2.80. The summed E-state index contributed by atoms with van der Waals surface area (Å²) in [5.41, 5.74) is 4.32. The number of anilines is 1. The van der Waals surface area contributed by atoms with Crippen molar-refractivity contribution in [1.29, 1.82) is 5.26 Å². The third-order valence-electron chi connectivity index (χ3n) is 3.83. The maximum atomic E-state index is 8.86. The Morgan fingerprint density at radius 2 is 2.05 bits per heavy atom. The maximum absolute atomic E-state index is 8.86. The minimum absolute atomic E-state index is 0.435. The Morgan fingerprint density at radius 1 is 1.18 bits per heavy atom. The highest BCUT2D eigenvalue weighted by atomic mass is 15.0. The minimum atomic E-state index is 0.435. The van der Waals surface area contributed by atoms with Gasteiger partial charge < -0.3 is 10.3 Å². The normalized spacial score (nSPS) is 10.5. The standard InChI is InChI=1S/C18H18N4/c1-2-13-5-3-7-16-14(12-21-18(13)16)9-10-20-17-8-4-6-15(11-19)22-17/h3-8,12,21H,2,9-10H2,1H3,(H,20,22). The van der Waals surface area contributed by atoms with Gasteiger partial charge in [0.25, 0.3) is 0 Å². The zero-order valence-electron chi connectivity index (χ0n) is 12.6. The van der Waals surface area contributed by atoms with Crippen molar-refractivity contribution >= 4 is 16.7 Å². The summed E-state index contributed by atoms with van der Waals surface area (Å²) in [4.78, 5) is 7.61. The van der Waals surface area contributed by atoms with Crippen LogP contribution >= 0.6 is 0 Å². The van der Waals surface area contributed by atoms with Crippen LogP contribution in [-0.4, -0.2) is 16.5 Å². The first kappa shape index (κ1) is 14.2. The van der Waals surface area contributed by atoms with Crippen LogP contribution in [0.15, 0.2) is 42.6 Å². The highest BCUT2D eigenvalue weighted by molar-refractivity contribution is 5.86. The van der Waals surface area contributed by atoms with Crippen molar-refractivity contribution in [1.82, 2.24) is 9.97 Å². The molecule has 0 radical (unpaired) electrons. The van der Waals surface area contributed by atoms with Crippen molar-refractivity contribution in [3.63, 3.8) is 0 Å². The molecule has 3 aromatic rings. The average Bonchev–Trinajstić information content (AvgIpc) is 2.98. The van der Waals surface area contributed by atoms with Crippen molar-refractivity contribution in [3.05, 3.63) is 59.4 Å². The van der Waals surface area contributed by atoms with Gasteiger partial charge in [-0.2, -0.15) is 5.26 Å². The van der Waals surface area contributed by atoms with Crippen molar-refractivity contribution in [2.75, 3.05) is 11.9 Å². The van der Waals surface area contributed by atoms with Crippen LogP contribution in [0.5, 0.6) is 0 Å². The smallest absolute Gasteiger partial charge is 0.142 e. The fourth-order valence-corrected chi connectivity index (χ4v) is 2.70. The summed E-state index contributed by atoms with van der Waals surface area (Å²) >= 11 is 0. The number of nitrogens with zero attached hydrogens (tertiary/aromatic N) is 2. The van der Waals surface area contributed by atoms with Crippen molar-refractivity contribution < 1.29 is 0 Å². The topological polar surface area (TPSA) is 64.5 Å². The van der Waals surface area contributed by atoms with Gasteiger partial charge in [0.05, 0.1) is 0 Å². The number of hydrogen-bond donors (Lipinski definition) is 2. The highest BCUT2D eigenvalue weighted by Gasteiger charge is 2.06. The SMILES string of the molecule is CCc1cccc2c(CCNc3cccc(C#N)n3)c[nH]c12. The van der Waals surface area contributed by atoms with Crippen LogP contribution in [0, 0.1) is 11.3 Å². The summed E-state index contributed by atoms with van der Waals surface area (Å²) in [6, 6.07) is 13.9. The Kier molecular flexibility index (Phi) is 4.06. The van der Waals surface area contributed by atoms with Crippen LogP contribution in [0.25, 0.3) is 10.9 Å². The molecule has 0 unspecified atom stereocenters. The van der Waals surface area contributed by atoms with Gasteiger partial charge in [0, 0.05) is 23.6 Å². The molecule has 0 aliphatic heterocycles. The fraction of sp³-hybridized carbons (Fsp3) is 0.222. The van der Waals surface area contributed by atoms with Gasteiger partial charge in [0.2, 0.25) is 0 Å². The maximum Gasteiger partial charge on any atom is 0.142 e. The number of nitriles is 1. The van der Waals surface area contributed by atoms with Crippen LogP contribution in [-0.2, 0) is 12.8 Å². The number of aryl methyl sites for hydroxylation is 1. The minimum Gasteiger partial charge on any atom is -0.370 e. The largest absolute Gasteiger partial charge is 0.370 e. The second-order valence-electron chi connectivity index (χ2n) is 5.20. The third-order valence-corrected chi connectivity index (χ3v) is 3.83. The van der Waals surface area contributed by atoms with Crippen molar-refractivity contribution in [2.45, 2.75) is 19.8 Å². The van der Waals surface area contributed by atoms with Crippen molar-refractivity contribution in [2.24, 2.45) is 0 Å². The van der Waals surface area contributed by atoms with Crippen LogP contribution in [0.2, 0.25) is 0 Å². The predicted octanol–water partition coefficient (Wildman–Crippen LogP) is 3.65. The molecule has 3 rings (SSSR count). The molecule has 0 aliphatic carbocycles. The average molecular weight is 290 g/mol. The van der Waals surface area contributed by atoms with Crippen LogP contribution in [0.3, 0.4) is 0 Å². The highest BCUT2D eigenvalue weighted by Crippen LogP contribution is 2.22. The van der Waals surface area contributed by atoms with Crippen LogP contribution in [0.1, 0.15) is 23.7 Å². The molecule has 22 heavy (non-hydrogen) atoms. The molecule has 2 aromatic heterocycles. The van der Waals surface area contributed by atoms with Crippen LogP contribution in [0.4, 0.5) is 5.82 Å². The van der Waals surface area contributed by atoms with Gasteiger partial charge in [0.15, 0.2) is 0 Å². The molecule has 4 nitrogen and oxygen atoms in total. The van der Waals surface area contributed by atoms with Gasteiger partial charge in [-0.1, -0.05) is 31.2 Å². The van der Waals surface area contributed by atoms with Gasteiger partial charge in [-0.3, -0.25) is 0 Å². The van der Waals surface area contributed by atoms with E-state index in [2.05, 4.69) is 52.7 Å². The van der Waals surface area contributed by atoms with Gasteiger partial charge in [-0.05, 0) is 36.1 Å². The van der Waals surface area contributed by atoms with E-state index >= 15 is 0 Å². The monoisotopic (exact) mass is 290 g/mol. The number of hydrogen-bond acceptors (Lipinski definition) is 3. The summed E-state index contributed by atoms with van der Waals surface area (Å²) in [7, 11) is 0. The number of H-pyrrole nitrogens is 1. The predicted molar refractivity (Wildman–Crippen MR) is 88.8 cm³/mol. The van der Waals surface area contributed by atoms with Gasteiger partial charge in [0.1, 0.15) is 17.6 Å². The van der Waals surface area contributed by atoms with E-state index in [9.17, 15) is 0 Å². The lowest BCUT2D eigenvalue weighted by Crippen LogP contribution is -2.06. The first-order valence-electron chi connectivity index (χ1n) is 7.50. The van der Waals surface area contributed by atoms with E-state index in [1.165, 1.54) is 22.0 Å². The van der Waals surface area contributed by atoms with E-state index in [0.29, 0.717) is 5.69 Å². The molecule has 0 atom stereocenters. The van der Waals surface area contributed by atoms with E-state index in [4.69, 9.17) is 5.26 Å². The second kappa shape index (κ2) is 6.31. The number of rotatable bonds is 5. The molecule has 2 N–H and O–H groups in total. The Morgan fingerprint density at radius 3 is 2.86 bits per heavy atom. The first-order valence-corrected chi connectivity index (χ1v) is 7.50. The molecule has 0 saturated carbocycles. The summed E-state index contributed by atoms with van der Waals surface area (Å²) in [6.07, 6.45) is 4.02. The number of pyridine rings is 1. The third kappa shape index (κ3) is 2.79. The van der Waals surface area contributed by atoms with Crippen molar-refractivity contribution in [3.8, 4) is 6.07 Å². The van der Waals surface area contributed by atoms with Crippen LogP contribution < -0.4 is 5.32 Å². The molecule has 110 valence electrons. The molecular weight excluding hydrogens is 272 g/mol. The summed E-state index contributed by atoms with van der Waals surface area (Å²) in [5, 5.41) is 13.4. The quantitative estimate of drug-likeness (QED) is 0.754. The lowest BCUT2D eigenvalue weighted by atomic mass is 10.1. The second-order valence-corrected chi connectivity index (χ2v) is 5.20. The molecule has 0 bridgehead atoms. The molecule has 0 saturated heterocycles. The van der Waals surface area contributed by atoms with E-state index < -0.39 is 0 Å². The number of benzene rings is 1. The zero-order chi connectivity index (χ0) is 15.4. The molecule has 0 fully saturated rings. The number of fused-ring (bicyclic) bond motifs is 1. The number of aromatic nitrogens is 2. The van der Waals surface area contributed by atoms with Gasteiger partial charge in [-0.15, -0.1) is 0 Å². The van der Waals surface area contributed by atoms with E-state index in [1.54, 1.807) is 6.07 Å². The van der Waals surface area contributed by atoms with E-state index in [1.807, 2.05) is 12.1 Å². The first-order chi connectivity index (χ1) is 10.8. The summed E-state index contributed by atoms with van der Waals surface area (Å²) in [6.45, 7) is 2.95. The Bertz CT molecular complexity index is 826. The zero-order valence-corrected chi connectivity index (χ0v) is 12.6. The summed E-state index contributed by atoms with van der Waals surface area (Å²) in [5.74, 6) is 0.744. The summed E-state index contributed by atoms with van der Waals surface area (Å²) < 4.78 is 0. The molecule has 0 aliphatic rings. The number of para-hydroxylation sites is 1. The molecule has 0 spiro atoms. The molecule has 4 heteroatoms. The van der Waals surface area contributed by atoms with E-state index in [0.717, 1.165) is 25.2 Å². The van der Waals surface area contributed by atoms with Gasteiger partial charge >= 0.3 is 0 Å². The van der Waals surface area contributed by atoms with E-state index in [-0.39, 0.29) is 0 Å². The lowest BCUT2D eigenvalue weighted by Gasteiger charge is -2.05. The number of aromatic amines is 1. The van der Waals surface area contributed by atoms with Gasteiger partial charge in [-0.25, -0.2) is 4.98 Å². The fourth-order valence-electron chi connectivity index (χ4n) is 2.70.